The fraction of sp³-hybridized carbons (Fsp3) is 0.269. The smallest absolute Gasteiger partial charge is 0.180 e. The summed E-state index contributed by atoms with van der Waals surface area (Å²) in [4.78, 5) is 26.7. The monoisotopic (exact) mass is 489 g/mol. The Morgan fingerprint density at radius 1 is 1.17 bits per heavy atom. The number of morpholine rings is 1. The Balaban J connectivity index is 1.54. The molecule has 5 rings (SSSR count). The topological polar surface area (TPSA) is 92.7 Å². The SMILES string of the molecule is C=C(/C=C(\C(F)=C/CF)C(C)c1ncnc2nc[nH]c12)c1ncnc2cc(N3CCOCC3)ccc12. The van der Waals surface area contributed by atoms with Crippen LogP contribution in [0.3, 0.4) is 0 Å². The number of aromatic amines is 1. The van der Waals surface area contributed by atoms with Gasteiger partial charge in [-0.05, 0) is 41.5 Å². The zero-order chi connectivity index (χ0) is 25.1. The summed E-state index contributed by atoms with van der Waals surface area (Å²) in [6, 6.07) is 5.97. The number of aromatic nitrogens is 6. The number of benzene rings is 1. The standard InChI is InChI=1S/C26H25F2N7O/c1-16(23-19-4-3-18(12-22(19)29-13-30-23)35-7-9-36-10-8-35)11-20(21(28)5-6-27)17(2)24-25-26(33-14-31-24)34-15-32-25/h3-5,11-15,17H,1,6-10H2,2H3,(H,31,32,33,34)/b20-11-,21-5+. The molecule has 10 heteroatoms. The van der Waals surface area contributed by atoms with Gasteiger partial charge in [0.25, 0.3) is 0 Å². The second-order valence-electron chi connectivity index (χ2n) is 8.44. The fourth-order valence-electron chi connectivity index (χ4n) is 4.42. The number of rotatable bonds is 7. The summed E-state index contributed by atoms with van der Waals surface area (Å²) in [7, 11) is 0. The largest absolute Gasteiger partial charge is 0.378 e. The minimum absolute atomic E-state index is 0.226. The van der Waals surface area contributed by atoms with Gasteiger partial charge in [0, 0.05) is 30.1 Å². The molecule has 0 amide bonds. The summed E-state index contributed by atoms with van der Waals surface area (Å²) in [5.74, 6) is -1.23. The van der Waals surface area contributed by atoms with Crippen LogP contribution in [0.25, 0.3) is 27.6 Å². The molecule has 184 valence electrons. The Labute approximate surface area is 206 Å². The minimum Gasteiger partial charge on any atom is -0.378 e. The number of hydrogen-bond acceptors (Lipinski definition) is 7. The highest BCUT2D eigenvalue weighted by Crippen LogP contribution is 2.34. The number of allylic oxidation sites excluding steroid dienone is 5. The molecule has 1 aromatic carbocycles. The van der Waals surface area contributed by atoms with Crippen LogP contribution in [0.15, 0.2) is 67.3 Å². The number of ether oxygens (including phenoxy) is 1. The van der Waals surface area contributed by atoms with Crippen molar-refractivity contribution >= 4 is 33.3 Å². The van der Waals surface area contributed by atoms with Crippen molar-refractivity contribution < 1.29 is 13.5 Å². The summed E-state index contributed by atoms with van der Waals surface area (Å²) in [5.41, 5.74) is 4.68. The first-order chi connectivity index (χ1) is 17.6. The highest BCUT2D eigenvalue weighted by Gasteiger charge is 2.22. The van der Waals surface area contributed by atoms with Crippen molar-refractivity contribution in [1.82, 2.24) is 29.9 Å². The second-order valence-corrected chi connectivity index (χ2v) is 8.44. The average Bonchev–Trinajstić information content (AvgIpc) is 3.40. The summed E-state index contributed by atoms with van der Waals surface area (Å²) in [6.07, 6.45) is 6.84. The van der Waals surface area contributed by atoms with Gasteiger partial charge in [-0.25, -0.2) is 33.7 Å². The molecular formula is C26H25F2N7O. The molecule has 0 aliphatic carbocycles. The van der Waals surface area contributed by atoms with Crippen LogP contribution >= 0.6 is 0 Å². The Morgan fingerprint density at radius 3 is 2.78 bits per heavy atom. The molecule has 36 heavy (non-hydrogen) atoms. The quantitative estimate of drug-likeness (QED) is 0.376. The number of H-pyrrole nitrogens is 1. The molecule has 1 saturated heterocycles. The lowest BCUT2D eigenvalue weighted by atomic mass is 9.92. The lowest BCUT2D eigenvalue weighted by Crippen LogP contribution is -2.36. The lowest BCUT2D eigenvalue weighted by molar-refractivity contribution is 0.122. The predicted octanol–water partition coefficient (Wildman–Crippen LogP) is 4.70. The van der Waals surface area contributed by atoms with E-state index in [1.54, 1.807) is 13.0 Å². The maximum Gasteiger partial charge on any atom is 0.180 e. The molecule has 0 spiro atoms. The van der Waals surface area contributed by atoms with Crippen LogP contribution in [0.4, 0.5) is 14.5 Å². The van der Waals surface area contributed by atoms with Gasteiger partial charge < -0.3 is 14.6 Å². The summed E-state index contributed by atoms with van der Waals surface area (Å²) in [5, 5.41) is 0.788. The van der Waals surface area contributed by atoms with Crippen LogP contribution in [0.1, 0.15) is 24.2 Å². The number of nitrogens with one attached hydrogen (secondary N) is 1. The van der Waals surface area contributed by atoms with Gasteiger partial charge in [0.15, 0.2) is 5.65 Å². The number of alkyl halides is 1. The minimum atomic E-state index is -0.938. The van der Waals surface area contributed by atoms with Crippen molar-refractivity contribution in [2.45, 2.75) is 12.8 Å². The average molecular weight is 490 g/mol. The third-order valence-corrected chi connectivity index (χ3v) is 6.29. The molecule has 0 saturated carbocycles. The lowest BCUT2D eigenvalue weighted by Gasteiger charge is -2.29. The van der Waals surface area contributed by atoms with E-state index in [9.17, 15) is 4.39 Å². The number of imidazole rings is 1. The Morgan fingerprint density at radius 2 is 1.97 bits per heavy atom. The van der Waals surface area contributed by atoms with Crippen molar-refractivity contribution in [3.63, 3.8) is 0 Å². The highest BCUT2D eigenvalue weighted by atomic mass is 19.1. The Bertz CT molecular complexity index is 1470. The van der Waals surface area contributed by atoms with Crippen LogP contribution < -0.4 is 4.90 Å². The molecule has 4 aromatic rings. The predicted molar refractivity (Wildman–Crippen MR) is 135 cm³/mol. The van der Waals surface area contributed by atoms with Crippen molar-refractivity contribution in [2.75, 3.05) is 37.9 Å². The molecule has 1 N–H and O–H groups in total. The zero-order valence-electron chi connectivity index (χ0n) is 19.8. The van der Waals surface area contributed by atoms with E-state index in [1.807, 2.05) is 18.2 Å². The van der Waals surface area contributed by atoms with Gasteiger partial charge in [0.1, 0.15) is 30.7 Å². The van der Waals surface area contributed by atoms with E-state index in [2.05, 4.69) is 41.4 Å². The van der Waals surface area contributed by atoms with Crippen LogP contribution in [0.2, 0.25) is 0 Å². The molecule has 3 aromatic heterocycles. The third-order valence-electron chi connectivity index (χ3n) is 6.29. The fourth-order valence-corrected chi connectivity index (χ4v) is 4.42. The van der Waals surface area contributed by atoms with Crippen molar-refractivity contribution in [3.8, 4) is 0 Å². The molecular weight excluding hydrogens is 464 g/mol. The van der Waals surface area contributed by atoms with Gasteiger partial charge in [-0.2, -0.15) is 0 Å². The first kappa shape index (κ1) is 23.7. The molecule has 1 unspecified atom stereocenters. The molecule has 1 aliphatic heterocycles. The number of halogens is 2. The van der Waals surface area contributed by atoms with Gasteiger partial charge in [0.05, 0.1) is 36.4 Å². The van der Waals surface area contributed by atoms with Crippen LogP contribution in [0, 0.1) is 0 Å². The number of hydrogen-bond donors (Lipinski definition) is 1. The molecule has 0 bridgehead atoms. The molecule has 4 heterocycles. The van der Waals surface area contributed by atoms with E-state index in [0.717, 1.165) is 35.8 Å². The molecule has 1 aliphatic rings. The van der Waals surface area contributed by atoms with E-state index in [1.165, 1.54) is 19.0 Å². The number of nitrogens with zero attached hydrogens (tertiary/aromatic N) is 6. The van der Waals surface area contributed by atoms with Crippen molar-refractivity contribution in [3.05, 3.63) is 78.7 Å². The van der Waals surface area contributed by atoms with E-state index in [0.29, 0.717) is 41.3 Å². The molecule has 8 nitrogen and oxygen atoms in total. The first-order valence-electron chi connectivity index (χ1n) is 11.6. The first-order valence-corrected chi connectivity index (χ1v) is 11.6. The maximum absolute atomic E-state index is 15.2. The highest BCUT2D eigenvalue weighted by molar-refractivity contribution is 5.93. The maximum atomic E-state index is 15.2. The van der Waals surface area contributed by atoms with E-state index < -0.39 is 18.4 Å². The molecule has 0 radical (unpaired) electrons. The van der Waals surface area contributed by atoms with Crippen molar-refractivity contribution in [2.24, 2.45) is 0 Å². The second kappa shape index (κ2) is 10.3. The van der Waals surface area contributed by atoms with E-state index in [-0.39, 0.29) is 5.57 Å². The van der Waals surface area contributed by atoms with Crippen LogP contribution in [0.5, 0.6) is 0 Å². The van der Waals surface area contributed by atoms with Gasteiger partial charge in [-0.3, -0.25) is 0 Å². The third kappa shape index (κ3) is 4.59. The van der Waals surface area contributed by atoms with E-state index >= 15 is 4.39 Å². The summed E-state index contributed by atoms with van der Waals surface area (Å²) < 4.78 is 33.7. The summed E-state index contributed by atoms with van der Waals surface area (Å²) in [6.45, 7) is 8.01. The number of fused-ring (bicyclic) bond motifs is 2. The normalized spacial score (nSPS) is 16.0. The van der Waals surface area contributed by atoms with Gasteiger partial charge in [-0.1, -0.05) is 13.5 Å². The molecule has 1 atom stereocenters. The van der Waals surface area contributed by atoms with Gasteiger partial charge in [-0.15, -0.1) is 0 Å². The van der Waals surface area contributed by atoms with Crippen LogP contribution in [-0.4, -0.2) is 62.9 Å². The summed E-state index contributed by atoms with van der Waals surface area (Å²) >= 11 is 0. The number of anilines is 1. The zero-order valence-corrected chi connectivity index (χ0v) is 19.8. The van der Waals surface area contributed by atoms with Crippen LogP contribution in [-0.2, 0) is 4.74 Å². The van der Waals surface area contributed by atoms with Crippen molar-refractivity contribution in [1.29, 1.82) is 0 Å². The van der Waals surface area contributed by atoms with Gasteiger partial charge in [0.2, 0.25) is 0 Å². The Kier molecular flexibility index (Phi) is 6.77. The molecule has 1 fully saturated rings. The Hall–Kier alpha value is -4.05. The van der Waals surface area contributed by atoms with Gasteiger partial charge >= 0.3 is 0 Å². The van der Waals surface area contributed by atoms with E-state index in [4.69, 9.17) is 4.74 Å².